The quantitative estimate of drug-likeness (QED) is 0.826. The molecule has 2 aliphatic rings. The smallest absolute Gasteiger partial charge is 0.255 e. The van der Waals surface area contributed by atoms with Gasteiger partial charge in [0.15, 0.2) is 0 Å². The van der Waals surface area contributed by atoms with Crippen molar-refractivity contribution >= 4 is 5.91 Å². The van der Waals surface area contributed by atoms with Crippen LogP contribution in [0.15, 0.2) is 42.7 Å². The number of carbonyl (C=O) groups is 1. The summed E-state index contributed by atoms with van der Waals surface area (Å²) < 4.78 is 11.8. The second kappa shape index (κ2) is 7.03. The minimum Gasteiger partial charge on any atom is -0.478 e. The molecule has 0 radical (unpaired) electrons. The van der Waals surface area contributed by atoms with Gasteiger partial charge in [0, 0.05) is 30.8 Å². The van der Waals surface area contributed by atoms with Crippen molar-refractivity contribution in [2.75, 3.05) is 26.3 Å². The molecule has 0 aliphatic carbocycles. The Morgan fingerprint density at radius 2 is 2.19 bits per heavy atom. The zero-order chi connectivity index (χ0) is 18.0. The van der Waals surface area contributed by atoms with Crippen LogP contribution in [0.5, 0.6) is 5.88 Å². The number of hydrogen-bond acceptors (Lipinski definition) is 5. The van der Waals surface area contributed by atoms with E-state index in [-0.39, 0.29) is 11.5 Å². The molecule has 1 spiro atoms. The number of nitrogens with zero attached hydrogens (tertiary/aromatic N) is 3. The molecule has 2 aliphatic heterocycles. The largest absolute Gasteiger partial charge is 0.478 e. The highest BCUT2D eigenvalue weighted by molar-refractivity contribution is 5.94. The average molecular weight is 353 g/mol. The Morgan fingerprint density at radius 1 is 1.31 bits per heavy atom. The van der Waals surface area contributed by atoms with Gasteiger partial charge in [0.2, 0.25) is 5.88 Å². The number of amides is 1. The molecule has 0 saturated carbocycles. The van der Waals surface area contributed by atoms with Gasteiger partial charge in [-0.3, -0.25) is 9.78 Å². The topological polar surface area (TPSA) is 64.6 Å². The number of aryl methyl sites for hydroxylation is 1. The number of rotatable bonds is 5. The molecular formula is C20H23N3O3. The number of pyridine rings is 2. The van der Waals surface area contributed by atoms with E-state index >= 15 is 0 Å². The van der Waals surface area contributed by atoms with Crippen molar-refractivity contribution in [1.82, 2.24) is 14.9 Å². The van der Waals surface area contributed by atoms with Crippen molar-refractivity contribution < 1.29 is 14.3 Å². The summed E-state index contributed by atoms with van der Waals surface area (Å²) in [5.74, 6) is 1.09. The van der Waals surface area contributed by atoms with E-state index in [4.69, 9.17) is 9.47 Å². The summed E-state index contributed by atoms with van der Waals surface area (Å²) in [6.45, 7) is 4.57. The van der Waals surface area contributed by atoms with Crippen LogP contribution >= 0.6 is 0 Å². The van der Waals surface area contributed by atoms with Crippen molar-refractivity contribution in [3.8, 4) is 5.88 Å². The number of aromatic nitrogens is 2. The maximum absolute atomic E-state index is 12.6. The summed E-state index contributed by atoms with van der Waals surface area (Å²) in [7, 11) is 0. The van der Waals surface area contributed by atoms with Crippen LogP contribution in [0.25, 0.3) is 0 Å². The molecule has 4 rings (SSSR count). The van der Waals surface area contributed by atoms with Gasteiger partial charge in [-0.1, -0.05) is 6.07 Å². The highest BCUT2D eigenvalue weighted by atomic mass is 16.5. The normalized spacial score (nSPS) is 20.8. The van der Waals surface area contributed by atoms with E-state index in [9.17, 15) is 4.79 Å². The standard InChI is InChI=1S/C20H23N3O3/c1-15-5-6-16(12-22-15)19(24)23-13-20(14-23)17(8-11-26-20)7-10-25-18-4-2-3-9-21-18/h2-6,9,12,17H,7-8,10-11,13-14H2,1H3/t17-/m1/s1. The van der Waals surface area contributed by atoms with Gasteiger partial charge in [0.1, 0.15) is 5.60 Å². The van der Waals surface area contributed by atoms with E-state index in [0.29, 0.717) is 37.1 Å². The molecule has 1 atom stereocenters. The number of carbonyl (C=O) groups excluding carboxylic acids is 1. The van der Waals surface area contributed by atoms with Gasteiger partial charge in [-0.2, -0.15) is 0 Å². The van der Waals surface area contributed by atoms with Crippen LogP contribution < -0.4 is 4.74 Å². The van der Waals surface area contributed by atoms with Crippen molar-refractivity contribution in [2.45, 2.75) is 25.4 Å². The molecule has 6 heteroatoms. The second-order valence-corrected chi connectivity index (χ2v) is 7.05. The molecule has 136 valence electrons. The molecule has 0 N–H and O–H groups in total. The predicted octanol–water partition coefficient (Wildman–Crippen LogP) is 2.49. The minimum absolute atomic E-state index is 0.0297. The fraction of sp³-hybridized carbons (Fsp3) is 0.450. The molecule has 2 aromatic heterocycles. The zero-order valence-corrected chi connectivity index (χ0v) is 14.9. The van der Waals surface area contributed by atoms with Gasteiger partial charge in [0.05, 0.1) is 25.3 Å². The molecule has 0 unspecified atom stereocenters. The highest BCUT2D eigenvalue weighted by Gasteiger charge is 2.54. The number of hydrogen-bond donors (Lipinski definition) is 0. The molecule has 0 aromatic carbocycles. The summed E-state index contributed by atoms with van der Waals surface area (Å²) in [5.41, 5.74) is 1.34. The third-order valence-electron chi connectivity index (χ3n) is 5.32. The lowest BCUT2D eigenvalue weighted by Crippen LogP contribution is -2.66. The zero-order valence-electron chi connectivity index (χ0n) is 14.9. The molecule has 1 amide bonds. The van der Waals surface area contributed by atoms with Gasteiger partial charge in [-0.25, -0.2) is 4.98 Å². The first kappa shape index (κ1) is 17.0. The first-order valence-electron chi connectivity index (χ1n) is 9.06. The fourth-order valence-corrected chi connectivity index (χ4v) is 3.80. The van der Waals surface area contributed by atoms with Crippen LogP contribution in [-0.4, -0.2) is 52.7 Å². The second-order valence-electron chi connectivity index (χ2n) is 7.05. The molecule has 6 nitrogen and oxygen atoms in total. The summed E-state index contributed by atoms with van der Waals surface area (Å²) in [6.07, 6.45) is 5.30. The Morgan fingerprint density at radius 3 is 2.92 bits per heavy atom. The lowest BCUT2D eigenvalue weighted by molar-refractivity contribution is -0.119. The lowest BCUT2D eigenvalue weighted by Gasteiger charge is -2.50. The lowest BCUT2D eigenvalue weighted by atomic mass is 9.79. The van der Waals surface area contributed by atoms with E-state index in [1.54, 1.807) is 12.4 Å². The SMILES string of the molecule is Cc1ccc(C(=O)N2CC3(C2)OCC[C@H]3CCOc2ccccn2)cn1. The highest BCUT2D eigenvalue weighted by Crippen LogP contribution is 2.42. The van der Waals surface area contributed by atoms with E-state index in [0.717, 1.165) is 25.1 Å². The Hall–Kier alpha value is -2.47. The molecule has 4 heterocycles. The first-order valence-corrected chi connectivity index (χ1v) is 9.06. The number of likely N-dealkylation sites (tertiary alicyclic amines) is 1. The molecule has 2 fully saturated rings. The average Bonchev–Trinajstić information content (AvgIpc) is 3.05. The minimum atomic E-state index is -0.207. The molecular weight excluding hydrogens is 330 g/mol. The number of ether oxygens (including phenoxy) is 2. The third-order valence-corrected chi connectivity index (χ3v) is 5.32. The molecule has 26 heavy (non-hydrogen) atoms. The maximum atomic E-state index is 12.6. The van der Waals surface area contributed by atoms with Crippen LogP contribution in [0.1, 0.15) is 28.9 Å². The Bertz CT molecular complexity index is 758. The van der Waals surface area contributed by atoms with Crippen LogP contribution in [0, 0.1) is 12.8 Å². The summed E-state index contributed by atoms with van der Waals surface area (Å²) in [6, 6.07) is 9.35. The summed E-state index contributed by atoms with van der Waals surface area (Å²) >= 11 is 0. The van der Waals surface area contributed by atoms with Crippen molar-refractivity contribution in [3.05, 3.63) is 54.0 Å². The Labute approximate surface area is 153 Å². The van der Waals surface area contributed by atoms with E-state index in [1.807, 2.05) is 42.2 Å². The molecule has 2 saturated heterocycles. The van der Waals surface area contributed by atoms with E-state index in [2.05, 4.69) is 9.97 Å². The van der Waals surface area contributed by atoms with Crippen LogP contribution in [0.4, 0.5) is 0 Å². The van der Waals surface area contributed by atoms with Crippen molar-refractivity contribution in [2.24, 2.45) is 5.92 Å². The van der Waals surface area contributed by atoms with Crippen LogP contribution in [0.3, 0.4) is 0 Å². The van der Waals surface area contributed by atoms with Gasteiger partial charge in [-0.05, 0) is 43.9 Å². The Kier molecular flexibility index (Phi) is 4.59. The van der Waals surface area contributed by atoms with Gasteiger partial charge in [-0.15, -0.1) is 0 Å². The maximum Gasteiger partial charge on any atom is 0.255 e. The summed E-state index contributed by atoms with van der Waals surface area (Å²) in [4.78, 5) is 22.8. The predicted molar refractivity (Wildman–Crippen MR) is 96.0 cm³/mol. The Balaban J connectivity index is 1.31. The van der Waals surface area contributed by atoms with Gasteiger partial charge >= 0.3 is 0 Å². The molecule has 0 bridgehead atoms. The third kappa shape index (κ3) is 3.29. The fourth-order valence-electron chi connectivity index (χ4n) is 3.80. The first-order chi connectivity index (χ1) is 12.7. The molecule has 2 aromatic rings. The van der Waals surface area contributed by atoms with E-state index < -0.39 is 0 Å². The van der Waals surface area contributed by atoms with Gasteiger partial charge in [0.25, 0.3) is 5.91 Å². The van der Waals surface area contributed by atoms with Crippen molar-refractivity contribution in [3.63, 3.8) is 0 Å². The summed E-state index contributed by atoms with van der Waals surface area (Å²) in [5, 5.41) is 0. The van der Waals surface area contributed by atoms with Crippen LogP contribution in [0.2, 0.25) is 0 Å². The van der Waals surface area contributed by atoms with Crippen molar-refractivity contribution in [1.29, 1.82) is 0 Å². The van der Waals surface area contributed by atoms with Gasteiger partial charge < -0.3 is 14.4 Å². The van der Waals surface area contributed by atoms with Crippen LogP contribution in [-0.2, 0) is 4.74 Å². The monoisotopic (exact) mass is 353 g/mol. The van der Waals surface area contributed by atoms with E-state index in [1.165, 1.54) is 0 Å².